The monoisotopic (exact) mass is 334 g/mol. The van der Waals surface area contributed by atoms with E-state index in [1.165, 1.54) is 7.11 Å². The van der Waals surface area contributed by atoms with Gasteiger partial charge in [0.1, 0.15) is 0 Å². The van der Waals surface area contributed by atoms with Crippen LogP contribution in [0.1, 0.15) is 57.1 Å². The van der Waals surface area contributed by atoms with Gasteiger partial charge in [0.15, 0.2) is 5.69 Å². The van der Waals surface area contributed by atoms with Gasteiger partial charge in [0.2, 0.25) is 5.91 Å². The van der Waals surface area contributed by atoms with Gasteiger partial charge in [0.05, 0.1) is 19.3 Å². The van der Waals surface area contributed by atoms with E-state index in [9.17, 15) is 9.59 Å². The number of hydrogen-bond donors (Lipinski definition) is 0. The van der Waals surface area contributed by atoms with Crippen LogP contribution >= 0.6 is 0 Å². The third kappa shape index (κ3) is 2.50. The summed E-state index contributed by atoms with van der Waals surface area (Å²) in [7, 11) is 1.32. The van der Waals surface area contributed by atoms with Crippen molar-refractivity contribution in [2.24, 2.45) is 16.7 Å². The second-order valence-corrected chi connectivity index (χ2v) is 8.03. The number of likely N-dealkylation sites (tertiary alicyclic amines) is 1. The zero-order valence-electron chi connectivity index (χ0n) is 15.1. The van der Waals surface area contributed by atoms with Crippen molar-refractivity contribution in [1.29, 1.82) is 0 Å². The topological polar surface area (TPSA) is 77.3 Å². The van der Waals surface area contributed by atoms with Crippen LogP contribution in [0.2, 0.25) is 0 Å². The van der Waals surface area contributed by atoms with Crippen LogP contribution in [-0.2, 0) is 9.53 Å². The number of methoxy groups -OCH3 is 1. The Balaban J connectivity index is 1.70. The minimum Gasteiger partial charge on any atom is -0.464 e. The Morgan fingerprint density at radius 3 is 2.50 bits per heavy atom. The molecule has 2 heterocycles. The molecular weight excluding hydrogens is 308 g/mol. The Morgan fingerprint density at radius 2 is 1.92 bits per heavy atom. The Bertz CT molecular complexity index is 651. The van der Waals surface area contributed by atoms with Gasteiger partial charge in [-0.05, 0) is 23.7 Å². The van der Waals surface area contributed by atoms with Crippen molar-refractivity contribution in [3.63, 3.8) is 0 Å². The lowest BCUT2D eigenvalue weighted by atomic mass is 10.0. The van der Waals surface area contributed by atoms with Crippen LogP contribution in [-0.4, -0.2) is 52.0 Å². The molecule has 24 heavy (non-hydrogen) atoms. The standard InChI is InChI=1S/C17H26N4O3/c1-16(2)13(17(16,3)4)14(22)20-8-6-7-11(9-20)21-10-12(18-19-21)15(23)24-5/h10-11,13H,6-9H2,1-5H3. The van der Waals surface area contributed by atoms with Crippen LogP contribution in [0.3, 0.4) is 0 Å². The molecule has 3 rings (SSSR count). The quantitative estimate of drug-likeness (QED) is 0.789. The van der Waals surface area contributed by atoms with Gasteiger partial charge >= 0.3 is 5.97 Å². The molecule has 7 heteroatoms. The first-order chi connectivity index (χ1) is 11.2. The molecule has 0 spiro atoms. The Kier molecular flexibility index (Phi) is 3.92. The number of carbonyl (C=O) groups is 2. The summed E-state index contributed by atoms with van der Waals surface area (Å²) < 4.78 is 6.35. The number of nitrogens with zero attached hydrogens (tertiary/aromatic N) is 4. The van der Waals surface area contributed by atoms with Gasteiger partial charge in [0, 0.05) is 19.0 Å². The van der Waals surface area contributed by atoms with E-state index in [0.29, 0.717) is 6.54 Å². The number of rotatable bonds is 3. The summed E-state index contributed by atoms with van der Waals surface area (Å²) in [5, 5.41) is 7.91. The lowest BCUT2D eigenvalue weighted by molar-refractivity contribution is -0.135. The smallest absolute Gasteiger partial charge is 0.360 e. The molecule has 0 aromatic carbocycles. The molecule has 1 saturated carbocycles. The minimum atomic E-state index is -0.494. The van der Waals surface area contributed by atoms with E-state index in [1.807, 2.05) is 4.90 Å². The molecule has 2 aliphatic rings. The molecule has 0 radical (unpaired) electrons. The predicted octanol–water partition coefficient (Wildman–Crippen LogP) is 1.91. The summed E-state index contributed by atoms with van der Waals surface area (Å²) in [5.74, 6) is -0.181. The summed E-state index contributed by atoms with van der Waals surface area (Å²) in [5.41, 5.74) is 0.287. The largest absolute Gasteiger partial charge is 0.464 e. The molecule has 1 unspecified atom stereocenters. The third-order valence-electron chi connectivity index (χ3n) is 6.25. The second-order valence-electron chi connectivity index (χ2n) is 8.03. The molecule has 1 aromatic heterocycles. The number of esters is 1. The van der Waals surface area contributed by atoms with Crippen LogP contribution in [0.15, 0.2) is 6.20 Å². The molecule has 1 atom stereocenters. The van der Waals surface area contributed by atoms with Gasteiger partial charge in [-0.15, -0.1) is 5.10 Å². The van der Waals surface area contributed by atoms with Gasteiger partial charge in [-0.2, -0.15) is 0 Å². The first kappa shape index (κ1) is 16.9. The maximum absolute atomic E-state index is 12.9. The average Bonchev–Trinajstić information content (AvgIpc) is 2.91. The Hall–Kier alpha value is -1.92. The fourth-order valence-electron chi connectivity index (χ4n) is 4.02. The summed E-state index contributed by atoms with van der Waals surface area (Å²) in [6, 6.07) is 0.0542. The van der Waals surface area contributed by atoms with Crippen molar-refractivity contribution < 1.29 is 14.3 Å². The Morgan fingerprint density at radius 1 is 1.25 bits per heavy atom. The van der Waals surface area contributed by atoms with Crippen LogP contribution in [0, 0.1) is 16.7 Å². The van der Waals surface area contributed by atoms with E-state index in [-0.39, 0.29) is 34.4 Å². The summed E-state index contributed by atoms with van der Waals surface area (Å²) in [6.07, 6.45) is 3.46. The molecule has 1 aromatic rings. The fraction of sp³-hybridized carbons (Fsp3) is 0.765. The van der Waals surface area contributed by atoms with Crippen molar-refractivity contribution in [2.45, 2.75) is 46.6 Å². The van der Waals surface area contributed by atoms with E-state index in [0.717, 1.165) is 19.4 Å². The van der Waals surface area contributed by atoms with Gasteiger partial charge in [-0.25, -0.2) is 9.48 Å². The highest BCUT2D eigenvalue weighted by molar-refractivity contribution is 5.86. The highest BCUT2D eigenvalue weighted by Crippen LogP contribution is 2.68. The molecule has 1 aliphatic carbocycles. The highest BCUT2D eigenvalue weighted by Gasteiger charge is 2.68. The first-order valence-electron chi connectivity index (χ1n) is 8.49. The molecular formula is C17H26N4O3. The lowest BCUT2D eigenvalue weighted by Crippen LogP contribution is -2.42. The van der Waals surface area contributed by atoms with E-state index in [4.69, 9.17) is 0 Å². The number of amides is 1. The zero-order chi connectivity index (χ0) is 17.7. The molecule has 7 nitrogen and oxygen atoms in total. The van der Waals surface area contributed by atoms with Crippen molar-refractivity contribution in [1.82, 2.24) is 19.9 Å². The SMILES string of the molecule is COC(=O)c1cn(C2CCCN(C(=O)C3C(C)(C)C3(C)C)C2)nn1. The Labute approximate surface area is 142 Å². The molecule has 2 fully saturated rings. The highest BCUT2D eigenvalue weighted by atomic mass is 16.5. The maximum atomic E-state index is 12.9. The molecule has 0 bridgehead atoms. The number of carbonyl (C=O) groups excluding carboxylic acids is 2. The molecule has 0 N–H and O–H groups in total. The number of hydrogen-bond acceptors (Lipinski definition) is 5. The molecule has 1 saturated heterocycles. The third-order valence-corrected chi connectivity index (χ3v) is 6.25. The lowest BCUT2D eigenvalue weighted by Gasteiger charge is -2.33. The van der Waals surface area contributed by atoms with Crippen molar-refractivity contribution in [2.75, 3.05) is 20.2 Å². The van der Waals surface area contributed by atoms with Gasteiger partial charge < -0.3 is 9.64 Å². The zero-order valence-corrected chi connectivity index (χ0v) is 15.1. The van der Waals surface area contributed by atoms with Crippen LogP contribution in [0.4, 0.5) is 0 Å². The van der Waals surface area contributed by atoms with E-state index in [1.54, 1.807) is 10.9 Å². The van der Waals surface area contributed by atoms with Crippen molar-refractivity contribution in [3.8, 4) is 0 Å². The van der Waals surface area contributed by atoms with E-state index >= 15 is 0 Å². The average molecular weight is 334 g/mol. The minimum absolute atomic E-state index is 0.0440. The van der Waals surface area contributed by atoms with Crippen LogP contribution in [0.25, 0.3) is 0 Å². The van der Waals surface area contributed by atoms with E-state index < -0.39 is 5.97 Å². The van der Waals surface area contributed by atoms with Crippen molar-refractivity contribution >= 4 is 11.9 Å². The van der Waals surface area contributed by atoms with Gasteiger partial charge in [0.25, 0.3) is 0 Å². The number of aromatic nitrogens is 3. The van der Waals surface area contributed by atoms with Crippen LogP contribution in [0.5, 0.6) is 0 Å². The summed E-state index contributed by atoms with van der Waals surface area (Å²) >= 11 is 0. The maximum Gasteiger partial charge on any atom is 0.360 e. The van der Waals surface area contributed by atoms with E-state index in [2.05, 4.69) is 42.7 Å². The normalized spacial score (nSPS) is 25.4. The summed E-state index contributed by atoms with van der Waals surface area (Å²) in [4.78, 5) is 26.4. The number of ether oxygens (including phenoxy) is 1. The number of piperidine rings is 1. The molecule has 1 amide bonds. The van der Waals surface area contributed by atoms with Gasteiger partial charge in [-0.1, -0.05) is 32.9 Å². The van der Waals surface area contributed by atoms with Gasteiger partial charge in [-0.3, -0.25) is 4.79 Å². The second kappa shape index (κ2) is 5.57. The fourth-order valence-corrected chi connectivity index (χ4v) is 4.02. The predicted molar refractivity (Wildman–Crippen MR) is 87.3 cm³/mol. The van der Waals surface area contributed by atoms with Crippen LogP contribution < -0.4 is 0 Å². The first-order valence-corrected chi connectivity index (χ1v) is 8.49. The molecule has 1 aliphatic heterocycles. The van der Waals surface area contributed by atoms with Crippen molar-refractivity contribution in [3.05, 3.63) is 11.9 Å². The molecule has 132 valence electrons. The summed E-state index contributed by atoms with van der Waals surface area (Å²) in [6.45, 7) is 10.1.